The zero-order valence-electron chi connectivity index (χ0n) is 13.5. The van der Waals surface area contributed by atoms with Gasteiger partial charge < -0.3 is 20.3 Å². The molecule has 1 heterocycles. The fourth-order valence-electron chi connectivity index (χ4n) is 2.53. The fraction of sp³-hybridized carbons (Fsp3) is 0.500. The first-order valence-corrected chi connectivity index (χ1v) is 7.46. The van der Waals surface area contributed by atoms with Crippen molar-refractivity contribution in [2.75, 3.05) is 33.3 Å². The SMILES string of the molecule is COc1cccc(CC(=O)N2CCN(C(=O)[C@H](C)N)CC2)c1.Cl. The normalized spacial score (nSPS) is 15.6. The van der Waals surface area contributed by atoms with Crippen molar-refractivity contribution in [3.05, 3.63) is 29.8 Å². The summed E-state index contributed by atoms with van der Waals surface area (Å²) in [7, 11) is 1.61. The predicted octanol–water partition coefficient (Wildman–Crippen LogP) is 0.677. The van der Waals surface area contributed by atoms with Crippen LogP contribution in [-0.4, -0.2) is 60.9 Å². The van der Waals surface area contributed by atoms with E-state index in [4.69, 9.17) is 10.5 Å². The Kier molecular flexibility index (Phi) is 7.32. The van der Waals surface area contributed by atoms with Crippen LogP contribution in [0.4, 0.5) is 0 Å². The lowest BCUT2D eigenvalue weighted by atomic mass is 10.1. The summed E-state index contributed by atoms with van der Waals surface area (Å²) in [6, 6.07) is 7.02. The van der Waals surface area contributed by atoms with Crippen LogP contribution >= 0.6 is 12.4 Å². The smallest absolute Gasteiger partial charge is 0.239 e. The van der Waals surface area contributed by atoms with Gasteiger partial charge in [0.2, 0.25) is 11.8 Å². The molecule has 1 fully saturated rings. The molecule has 1 aliphatic rings. The Balaban J connectivity index is 0.00000264. The number of benzene rings is 1. The number of hydrogen-bond donors (Lipinski definition) is 1. The van der Waals surface area contributed by atoms with E-state index in [1.54, 1.807) is 23.8 Å². The zero-order chi connectivity index (χ0) is 16.1. The van der Waals surface area contributed by atoms with Gasteiger partial charge in [0.15, 0.2) is 0 Å². The van der Waals surface area contributed by atoms with Crippen molar-refractivity contribution in [1.29, 1.82) is 0 Å². The van der Waals surface area contributed by atoms with Gasteiger partial charge >= 0.3 is 0 Å². The standard InChI is InChI=1S/C16H23N3O3.ClH/c1-12(17)16(21)19-8-6-18(7-9-19)15(20)11-13-4-3-5-14(10-13)22-2;/h3-5,10,12H,6-9,11,17H2,1-2H3;1H/t12-;/m0./s1. The Morgan fingerprint density at radius 1 is 1.22 bits per heavy atom. The Labute approximate surface area is 143 Å². The van der Waals surface area contributed by atoms with Crippen molar-refractivity contribution in [3.8, 4) is 5.75 Å². The lowest BCUT2D eigenvalue weighted by Crippen LogP contribution is -2.54. The van der Waals surface area contributed by atoms with Crippen LogP contribution in [0.15, 0.2) is 24.3 Å². The van der Waals surface area contributed by atoms with Crippen LogP contribution in [0.5, 0.6) is 5.75 Å². The summed E-state index contributed by atoms with van der Waals surface area (Å²) in [6.45, 7) is 3.89. The first kappa shape index (κ1) is 19.3. The maximum atomic E-state index is 12.3. The van der Waals surface area contributed by atoms with E-state index in [9.17, 15) is 9.59 Å². The van der Waals surface area contributed by atoms with Crippen LogP contribution in [-0.2, 0) is 16.0 Å². The van der Waals surface area contributed by atoms with Gasteiger partial charge in [0.25, 0.3) is 0 Å². The summed E-state index contributed by atoms with van der Waals surface area (Å²) in [4.78, 5) is 27.7. The minimum absolute atomic E-state index is 0. The highest BCUT2D eigenvalue weighted by Gasteiger charge is 2.25. The second-order valence-electron chi connectivity index (χ2n) is 5.52. The molecule has 0 saturated carbocycles. The summed E-state index contributed by atoms with van der Waals surface area (Å²) in [5, 5.41) is 0. The molecule has 1 aliphatic heterocycles. The van der Waals surface area contributed by atoms with Crippen LogP contribution < -0.4 is 10.5 Å². The third-order valence-electron chi connectivity index (χ3n) is 3.82. The van der Waals surface area contributed by atoms with Gasteiger partial charge in [-0.15, -0.1) is 12.4 Å². The van der Waals surface area contributed by atoms with Crippen molar-refractivity contribution in [1.82, 2.24) is 9.80 Å². The molecule has 128 valence electrons. The Morgan fingerprint density at radius 3 is 2.39 bits per heavy atom. The van der Waals surface area contributed by atoms with Gasteiger partial charge in [-0.05, 0) is 24.6 Å². The summed E-state index contributed by atoms with van der Waals surface area (Å²) in [6.07, 6.45) is 0.346. The number of carbonyl (C=O) groups excluding carboxylic acids is 2. The molecule has 0 aromatic heterocycles. The second kappa shape index (κ2) is 8.74. The molecule has 1 aromatic rings. The van der Waals surface area contributed by atoms with E-state index in [1.165, 1.54) is 0 Å². The van der Waals surface area contributed by atoms with Crippen LogP contribution in [0.3, 0.4) is 0 Å². The number of rotatable bonds is 4. The van der Waals surface area contributed by atoms with Crippen molar-refractivity contribution < 1.29 is 14.3 Å². The molecule has 0 unspecified atom stereocenters. The van der Waals surface area contributed by atoms with Gasteiger partial charge in [-0.1, -0.05) is 12.1 Å². The van der Waals surface area contributed by atoms with E-state index in [1.807, 2.05) is 24.3 Å². The maximum Gasteiger partial charge on any atom is 0.239 e. The monoisotopic (exact) mass is 341 g/mol. The first-order valence-electron chi connectivity index (χ1n) is 7.46. The Hall–Kier alpha value is -1.79. The number of nitrogens with two attached hydrogens (primary N) is 1. The topological polar surface area (TPSA) is 75.9 Å². The van der Waals surface area contributed by atoms with Crippen LogP contribution in [0, 0.1) is 0 Å². The number of nitrogens with zero attached hydrogens (tertiary/aromatic N) is 2. The van der Waals surface area contributed by atoms with E-state index in [-0.39, 0.29) is 24.2 Å². The average Bonchev–Trinajstić information content (AvgIpc) is 2.54. The van der Waals surface area contributed by atoms with Crippen molar-refractivity contribution in [3.63, 3.8) is 0 Å². The van der Waals surface area contributed by atoms with E-state index in [0.717, 1.165) is 11.3 Å². The highest BCUT2D eigenvalue weighted by Crippen LogP contribution is 2.14. The molecule has 23 heavy (non-hydrogen) atoms. The highest BCUT2D eigenvalue weighted by atomic mass is 35.5. The number of hydrogen-bond acceptors (Lipinski definition) is 4. The Bertz CT molecular complexity index is 543. The van der Waals surface area contributed by atoms with E-state index < -0.39 is 6.04 Å². The molecule has 2 rings (SSSR count). The molecule has 0 bridgehead atoms. The Morgan fingerprint density at radius 2 is 1.83 bits per heavy atom. The molecular formula is C16H24ClN3O3. The predicted molar refractivity (Wildman–Crippen MR) is 90.8 cm³/mol. The van der Waals surface area contributed by atoms with Crippen LogP contribution in [0.25, 0.3) is 0 Å². The molecule has 7 heteroatoms. The number of piperazine rings is 1. The minimum Gasteiger partial charge on any atom is -0.497 e. The molecule has 1 saturated heterocycles. The van der Waals surface area contributed by atoms with Crippen molar-refractivity contribution in [2.24, 2.45) is 5.73 Å². The lowest BCUT2D eigenvalue weighted by molar-refractivity contribution is -0.139. The largest absolute Gasteiger partial charge is 0.497 e. The number of methoxy groups -OCH3 is 1. The lowest BCUT2D eigenvalue weighted by Gasteiger charge is -2.35. The summed E-state index contributed by atoms with van der Waals surface area (Å²) in [5.74, 6) is 0.763. The molecule has 2 N–H and O–H groups in total. The molecule has 1 atom stereocenters. The highest BCUT2D eigenvalue weighted by molar-refractivity contribution is 5.85. The third kappa shape index (κ3) is 5.11. The van der Waals surface area contributed by atoms with Crippen LogP contribution in [0.2, 0.25) is 0 Å². The van der Waals surface area contributed by atoms with E-state index >= 15 is 0 Å². The van der Waals surface area contributed by atoms with E-state index in [2.05, 4.69) is 0 Å². The summed E-state index contributed by atoms with van der Waals surface area (Å²) < 4.78 is 5.16. The third-order valence-corrected chi connectivity index (χ3v) is 3.82. The maximum absolute atomic E-state index is 12.3. The van der Waals surface area contributed by atoms with Crippen molar-refractivity contribution >= 4 is 24.2 Å². The number of amides is 2. The average molecular weight is 342 g/mol. The number of carbonyl (C=O) groups is 2. The fourth-order valence-corrected chi connectivity index (χ4v) is 2.53. The van der Waals surface area contributed by atoms with Crippen molar-refractivity contribution in [2.45, 2.75) is 19.4 Å². The minimum atomic E-state index is -0.487. The molecule has 0 aliphatic carbocycles. The van der Waals surface area contributed by atoms with Gasteiger partial charge in [-0.2, -0.15) is 0 Å². The molecule has 6 nitrogen and oxygen atoms in total. The second-order valence-corrected chi connectivity index (χ2v) is 5.52. The number of ether oxygens (including phenoxy) is 1. The quantitative estimate of drug-likeness (QED) is 0.873. The van der Waals surface area contributed by atoms with Crippen LogP contribution in [0.1, 0.15) is 12.5 Å². The number of halogens is 1. The van der Waals surface area contributed by atoms with Gasteiger partial charge in [-0.25, -0.2) is 0 Å². The molecular weight excluding hydrogens is 318 g/mol. The molecule has 1 aromatic carbocycles. The zero-order valence-corrected chi connectivity index (χ0v) is 14.3. The molecule has 0 spiro atoms. The summed E-state index contributed by atoms with van der Waals surface area (Å²) >= 11 is 0. The summed E-state index contributed by atoms with van der Waals surface area (Å²) in [5.41, 5.74) is 6.54. The van der Waals surface area contributed by atoms with E-state index in [0.29, 0.717) is 32.6 Å². The first-order chi connectivity index (χ1) is 10.5. The van der Waals surface area contributed by atoms with Gasteiger partial charge in [0, 0.05) is 26.2 Å². The van der Waals surface area contributed by atoms with Gasteiger partial charge in [0.1, 0.15) is 5.75 Å². The molecule has 2 amide bonds. The van der Waals surface area contributed by atoms with Gasteiger partial charge in [-0.3, -0.25) is 9.59 Å². The molecule has 0 radical (unpaired) electrons. The van der Waals surface area contributed by atoms with Gasteiger partial charge in [0.05, 0.1) is 19.6 Å².